The average molecular weight is 280 g/mol. The summed E-state index contributed by atoms with van der Waals surface area (Å²) in [5.74, 6) is -0.224. The molecule has 0 bridgehead atoms. The number of ether oxygens (including phenoxy) is 1. The van der Waals surface area contributed by atoms with Crippen LogP contribution >= 0.6 is 11.6 Å². The SMILES string of the molecule is COc1ccc(NC(=O)c2cncc(Cl)n2)cc1O. The first-order chi connectivity index (χ1) is 9.10. The van der Waals surface area contributed by atoms with E-state index < -0.39 is 5.91 Å². The van der Waals surface area contributed by atoms with Gasteiger partial charge in [-0.3, -0.25) is 9.78 Å². The van der Waals surface area contributed by atoms with Gasteiger partial charge < -0.3 is 15.2 Å². The van der Waals surface area contributed by atoms with Crippen LogP contribution in [-0.4, -0.2) is 28.1 Å². The molecule has 2 rings (SSSR count). The number of carbonyl (C=O) groups is 1. The molecule has 1 heterocycles. The lowest BCUT2D eigenvalue weighted by Crippen LogP contribution is -2.14. The molecule has 0 spiro atoms. The lowest BCUT2D eigenvalue weighted by atomic mass is 10.2. The van der Waals surface area contributed by atoms with Crippen molar-refractivity contribution in [3.8, 4) is 11.5 Å². The molecular weight excluding hydrogens is 270 g/mol. The van der Waals surface area contributed by atoms with Crippen LogP contribution in [0, 0.1) is 0 Å². The number of phenolic OH excluding ortho intramolecular Hbond substituents is 1. The van der Waals surface area contributed by atoms with E-state index in [1.807, 2.05) is 0 Å². The lowest BCUT2D eigenvalue weighted by Gasteiger charge is -2.07. The van der Waals surface area contributed by atoms with Gasteiger partial charge in [-0.05, 0) is 12.1 Å². The van der Waals surface area contributed by atoms with E-state index in [0.717, 1.165) is 0 Å². The number of aromatic nitrogens is 2. The number of nitrogens with one attached hydrogen (secondary N) is 1. The summed E-state index contributed by atoms with van der Waals surface area (Å²) in [6, 6.07) is 4.50. The number of benzene rings is 1. The number of hydrogen-bond acceptors (Lipinski definition) is 5. The van der Waals surface area contributed by atoms with Gasteiger partial charge in [0.25, 0.3) is 5.91 Å². The Morgan fingerprint density at radius 2 is 2.21 bits per heavy atom. The van der Waals surface area contributed by atoms with Gasteiger partial charge in [-0.2, -0.15) is 0 Å². The number of nitrogens with zero attached hydrogens (tertiary/aromatic N) is 2. The van der Waals surface area contributed by atoms with Gasteiger partial charge in [-0.25, -0.2) is 4.98 Å². The van der Waals surface area contributed by atoms with E-state index in [-0.39, 0.29) is 16.6 Å². The summed E-state index contributed by atoms with van der Waals surface area (Å²) in [4.78, 5) is 19.4. The highest BCUT2D eigenvalue weighted by atomic mass is 35.5. The highest BCUT2D eigenvalue weighted by Crippen LogP contribution is 2.28. The third kappa shape index (κ3) is 3.11. The van der Waals surface area contributed by atoms with Crippen molar-refractivity contribution in [1.29, 1.82) is 0 Å². The maximum Gasteiger partial charge on any atom is 0.275 e. The van der Waals surface area contributed by atoms with Crippen molar-refractivity contribution in [2.24, 2.45) is 0 Å². The number of carbonyl (C=O) groups excluding carboxylic acids is 1. The van der Waals surface area contributed by atoms with E-state index in [4.69, 9.17) is 16.3 Å². The molecule has 0 aliphatic rings. The van der Waals surface area contributed by atoms with Crippen LogP contribution in [0.2, 0.25) is 5.15 Å². The van der Waals surface area contributed by atoms with Gasteiger partial charge in [0.05, 0.1) is 19.5 Å². The molecule has 0 atom stereocenters. The molecule has 98 valence electrons. The molecule has 1 aromatic heterocycles. The zero-order valence-corrected chi connectivity index (χ0v) is 10.7. The summed E-state index contributed by atoms with van der Waals surface area (Å²) in [6.45, 7) is 0. The van der Waals surface area contributed by atoms with Crippen molar-refractivity contribution in [2.45, 2.75) is 0 Å². The highest BCUT2D eigenvalue weighted by molar-refractivity contribution is 6.29. The van der Waals surface area contributed by atoms with E-state index in [1.54, 1.807) is 6.07 Å². The van der Waals surface area contributed by atoms with Gasteiger partial charge in [0, 0.05) is 11.8 Å². The Balaban J connectivity index is 2.17. The number of halogens is 1. The number of aromatic hydroxyl groups is 1. The zero-order chi connectivity index (χ0) is 13.8. The largest absolute Gasteiger partial charge is 0.504 e. The normalized spacial score (nSPS) is 10.0. The minimum Gasteiger partial charge on any atom is -0.504 e. The second-order valence-electron chi connectivity index (χ2n) is 3.57. The first-order valence-electron chi connectivity index (χ1n) is 5.26. The molecule has 0 saturated carbocycles. The molecule has 1 aromatic carbocycles. The Hall–Kier alpha value is -2.34. The van der Waals surface area contributed by atoms with Crippen LogP contribution in [0.4, 0.5) is 5.69 Å². The van der Waals surface area contributed by atoms with Gasteiger partial charge in [-0.1, -0.05) is 11.6 Å². The van der Waals surface area contributed by atoms with Crippen LogP contribution in [0.1, 0.15) is 10.5 Å². The quantitative estimate of drug-likeness (QED) is 0.899. The van der Waals surface area contributed by atoms with E-state index in [1.165, 1.54) is 31.6 Å². The van der Waals surface area contributed by atoms with E-state index in [9.17, 15) is 9.90 Å². The summed E-state index contributed by atoms with van der Waals surface area (Å²) >= 11 is 5.65. The molecule has 1 amide bonds. The van der Waals surface area contributed by atoms with Crippen LogP contribution in [-0.2, 0) is 0 Å². The van der Waals surface area contributed by atoms with E-state index >= 15 is 0 Å². The molecule has 6 nitrogen and oxygen atoms in total. The van der Waals surface area contributed by atoms with Crippen molar-refractivity contribution in [3.05, 3.63) is 41.4 Å². The zero-order valence-electron chi connectivity index (χ0n) is 9.92. The van der Waals surface area contributed by atoms with Crippen molar-refractivity contribution in [2.75, 3.05) is 12.4 Å². The average Bonchev–Trinajstić information content (AvgIpc) is 2.39. The van der Waals surface area contributed by atoms with Crippen molar-refractivity contribution < 1.29 is 14.6 Å². The summed E-state index contributed by atoms with van der Waals surface area (Å²) in [7, 11) is 1.44. The third-order valence-electron chi connectivity index (χ3n) is 2.27. The van der Waals surface area contributed by atoms with Gasteiger partial charge in [-0.15, -0.1) is 0 Å². The van der Waals surface area contributed by atoms with Crippen molar-refractivity contribution in [1.82, 2.24) is 9.97 Å². The maximum atomic E-state index is 11.8. The monoisotopic (exact) mass is 279 g/mol. The molecule has 0 saturated heterocycles. The Bertz CT molecular complexity index is 619. The van der Waals surface area contributed by atoms with Crippen LogP contribution in [0.3, 0.4) is 0 Å². The predicted octanol–water partition coefficient (Wildman–Crippen LogP) is 2.10. The summed E-state index contributed by atoms with van der Waals surface area (Å²) in [5.41, 5.74) is 0.493. The fourth-order valence-corrected chi connectivity index (χ4v) is 1.56. The fourth-order valence-electron chi connectivity index (χ4n) is 1.41. The van der Waals surface area contributed by atoms with E-state index in [2.05, 4.69) is 15.3 Å². The number of hydrogen-bond donors (Lipinski definition) is 2. The van der Waals surface area contributed by atoms with Gasteiger partial charge in [0.1, 0.15) is 10.8 Å². The Kier molecular flexibility index (Phi) is 3.82. The Morgan fingerprint density at radius 3 is 2.84 bits per heavy atom. The number of rotatable bonds is 3. The lowest BCUT2D eigenvalue weighted by molar-refractivity contribution is 0.102. The third-order valence-corrected chi connectivity index (χ3v) is 2.46. The molecule has 7 heteroatoms. The Morgan fingerprint density at radius 1 is 1.42 bits per heavy atom. The molecule has 0 aliphatic carbocycles. The molecule has 2 aromatic rings. The summed E-state index contributed by atoms with van der Waals surface area (Å²) in [5, 5.41) is 12.3. The Labute approximate surface area is 114 Å². The first-order valence-corrected chi connectivity index (χ1v) is 5.64. The number of phenols is 1. The van der Waals surface area contributed by atoms with E-state index in [0.29, 0.717) is 11.4 Å². The van der Waals surface area contributed by atoms with Crippen LogP contribution < -0.4 is 10.1 Å². The molecule has 0 fully saturated rings. The maximum absolute atomic E-state index is 11.8. The number of methoxy groups -OCH3 is 1. The summed E-state index contributed by atoms with van der Waals surface area (Å²) < 4.78 is 4.90. The smallest absolute Gasteiger partial charge is 0.275 e. The second-order valence-corrected chi connectivity index (χ2v) is 3.96. The summed E-state index contributed by atoms with van der Waals surface area (Å²) in [6.07, 6.45) is 2.63. The first kappa shape index (κ1) is 13.1. The molecule has 2 N–H and O–H groups in total. The predicted molar refractivity (Wildman–Crippen MR) is 69.7 cm³/mol. The molecule has 19 heavy (non-hydrogen) atoms. The van der Waals surface area contributed by atoms with Gasteiger partial charge in [0.15, 0.2) is 11.5 Å². The van der Waals surface area contributed by atoms with Gasteiger partial charge >= 0.3 is 0 Å². The number of anilines is 1. The molecule has 0 unspecified atom stereocenters. The van der Waals surface area contributed by atoms with Gasteiger partial charge in [0.2, 0.25) is 0 Å². The molecule has 0 radical (unpaired) electrons. The standard InChI is InChI=1S/C12H10ClN3O3/c1-19-10-3-2-7(4-9(10)17)15-12(18)8-5-14-6-11(13)16-8/h2-6,17H,1H3,(H,15,18). The topological polar surface area (TPSA) is 84.3 Å². The highest BCUT2D eigenvalue weighted by Gasteiger charge is 2.10. The van der Waals surface area contributed by atoms with Crippen LogP contribution in [0.15, 0.2) is 30.6 Å². The van der Waals surface area contributed by atoms with Crippen molar-refractivity contribution in [3.63, 3.8) is 0 Å². The number of amides is 1. The van der Waals surface area contributed by atoms with Crippen LogP contribution in [0.25, 0.3) is 0 Å². The second kappa shape index (κ2) is 5.53. The molecule has 0 aliphatic heterocycles. The van der Waals surface area contributed by atoms with Crippen molar-refractivity contribution >= 4 is 23.2 Å². The molecular formula is C12H10ClN3O3. The van der Waals surface area contributed by atoms with Crippen LogP contribution in [0.5, 0.6) is 11.5 Å². The fraction of sp³-hybridized carbons (Fsp3) is 0.0833. The minimum atomic E-state index is -0.473. The minimum absolute atomic E-state index is 0.0718.